The molecule has 0 aliphatic carbocycles. The van der Waals surface area contributed by atoms with E-state index >= 15 is 0 Å². The van der Waals surface area contributed by atoms with Gasteiger partial charge in [0, 0.05) is 10.7 Å². The van der Waals surface area contributed by atoms with Crippen molar-refractivity contribution in [1.82, 2.24) is 0 Å². The van der Waals surface area contributed by atoms with E-state index in [0.29, 0.717) is 6.42 Å². The number of carbonyl (C=O) groups excluding carboxylic acids is 1. The molecule has 0 saturated carbocycles. The van der Waals surface area contributed by atoms with E-state index in [0.717, 1.165) is 12.1 Å². The molecule has 1 rings (SSSR count). The first kappa shape index (κ1) is 15.9. The molecule has 19 heavy (non-hydrogen) atoms. The normalized spacial score (nSPS) is 13.1. The number of carbonyl (C=O) groups is 1. The zero-order valence-electron chi connectivity index (χ0n) is 10.7. The Bertz CT molecular complexity index is 598. The van der Waals surface area contributed by atoms with E-state index in [1.807, 2.05) is 0 Å². The Kier molecular flexibility index (Phi) is 4.92. The Labute approximate surface area is 115 Å². The summed E-state index contributed by atoms with van der Waals surface area (Å²) in [5, 5.41) is 0. The fourth-order valence-electron chi connectivity index (χ4n) is 1.40. The second-order valence-electron chi connectivity index (χ2n) is 4.16. The molecule has 0 spiro atoms. The van der Waals surface area contributed by atoms with Gasteiger partial charge in [0.2, 0.25) is 0 Å². The summed E-state index contributed by atoms with van der Waals surface area (Å²) < 4.78 is 41.3. The molecule has 0 heterocycles. The summed E-state index contributed by atoms with van der Waals surface area (Å²) in [6, 6.07) is 1.85. The highest BCUT2D eigenvalue weighted by molar-refractivity contribution is 8.13. The molecule has 4 nitrogen and oxygen atoms in total. The van der Waals surface area contributed by atoms with Crippen LogP contribution in [0.5, 0.6) is 0 Å². The van der Waals surface area contributed by atoms with Gasteiger partial charge in [-0.2, -0.15) is 0 Å². The molecule has 0 amide bonds. The van der Waals surface area contributed by atoms with Crippen LogP contribution in [-0.2, 0) is 13.8 Å². The highest BCUT2D eigenvalue weighted by Gasteiger charge is 2.22. The molecule has 0 bridgehead atoms. The van der Waals surface area contributed by atoms with E-state index in [1.54, 1.807) is 13.8 Å². The fourth-order valence-corrected chi connectivity index (χ4v) is 2.60. The van der Waals surface area contributed by atoms with Gasteiger partial charge in [0.05, 0.1) is 16.6 Å². The minimum Gasteiger partial charge on any atom is -0.459 e. The third-order valence-corrected chi connectivity index (χ3v) is 4.09. The minimum atomic E-state index is -4.04. The number of halogens is 2. The molecule has 7 heteroatoms. The van der Waals surface area contributed by atoms with Gasteiger partial charge >= 0.3 is 5.97 Å². The maximum Gasteiger partial charge on any atom is 0.341 e. The van der Waals surface area contributed by atoms with Crippen LogP contribution in [0.2, 0.25) is 0 Å². The van der Waals surface area contributed by atoms with Gasteiger partial charge in [-0.25, -0.2) is 17.6 Å². The predicted octanol–water partition coefficient (Wildman–Crippen LogP) is 3.02. The van der Waals surface area contributed by atoms with Crippen molar-refractivity contribution in [3.63, 3.8) is 0 Å². The van der Waals surface area contributed by atoms with Crippen LogP contribution in [0.15, 0.2) is 17.0 Å². The molecule has 0 aliphatic heterocycles. The summed E-state index contributed by atoms with van der Waals surface area (Å²) in [7, 11) is 1.18. The van der Waals surface area contributed by atoms with Gasteiger partial charge in [-0.3, -0.25) is 0 Å². The number of benzene rings is 1. The first-order chi connectivity index (χ1) is 8.66. The van der Waals surface area contributed by atoms with Crippen molar-refractivity contribution in [2.45, 2.75) is 38.2 Å². The number of rotatable bonds is 4. The highest BCUT2D eigenvalue weighted by atomic mass is 35.7. The summed E-state index contributed by atoms with van der Waals surface area (Å²) in [5.41, 5.74) is -0.308. The van der Waals surface area contributed by atoms with E-state index in [2.05, 4.69) is 0 Å². The van der Waals surface area contributed by atoms with Crippen molar-refractivity contribution in [2.75, 3.05) is 0 Å². The molecule has 0 fully saturated rings. The van der Waals surface area contributed by atoms with E-state index in [1.165, 1.54) is 6.92 Å². The second kappa shape index (κ2) is 5.88. The topological polar surface area (TPSA) is 60.4 Å². The lowest BCUT2D eigenvalue weighted by Crippen LogP contribution is -2.16. The Morgan fingerprint density at radius 2 is 2.05 bits per heavy atom. The lowest BCUT2D eigenvalue weighted by atomic mass is 10.1. The summed E-state index contributed by atoms with van der Waals surface area (Å²) in [6.07, 6.45) is 0.184. The molecule has 106 valence electrons. The molecule has 0 aliphatic rings. The molecule has 1 aromatic rings. The van der Waals surface area contributed by atoms with Gasteiger partial charge in [-0.15, -0.1) is 0 Å². The van der Waals surface area contributed by atoms with Crippen LogP contribution in [0, 0.1) is 12.7 Å². The number of aryl methyl sites for hydroxylation is 1. The standard InChI is InChI=1S/C12H14ClFO4S/c1-4-8(3)18-12(15)9-6-11(19(13,16)17)7(2)5-10(9)14/h5-6,8H,4H2,1-3H3. The van der Waals surface area contributed by atoms with Gasteiger partial charge in [0.25, 0.3) is 9.05 Å². The lowest BCUT2D eigenvalue weighted by molar-refractivity contribution is 0.0329. The van der Waals surface area contributed by atoms with Gasteiger partial charge in [0.15, 0.2) is 0 Å². The van der Waals surface area contributed by atoms with Crippen molar-refractivity contribution >= 4 is 25.7 Å². The first-order valence-corrected chi connectivity index (χ1v) is 7.93. The highest BCUT2D eigenvalue weighted by Crippen LogP contribution is 2.24. The zero-order valence-corrected chi connectivity index (χ0v) is 12.3. The molecule has 1 atom stereocenters. The van der Waals surface area contributed by atoms with Crippen molar-refractivity contribution in [3.8, 4) is 0 Å². The van der Waals surface area contributed by atoms with E-state index in [-0.39, 0.29) is 16.6 Å². The van der Waals surface area contributed by atoms with Crippen LogP contribution in [0.1, 0.15) is 36.2 Å². The molecular weight excluding hydrogens is 295 g/mol. The molecule has 0 aromatic heterocycles. The molecule has 0 radical (unpaired) electrons. The number of ether oxygens (including phenoxy) is 1. The van der Waals surface area contributed by atoms with Gasteiger partial charge < -0.3 is 4.74 Å². The fraction of sp³-hybridized carbons (Fsp3) is 0.417. The minimum absolute atomic E-state index is 0.132. The van der Waals surface area contributed by atoms with Crippen LogP contribution in [0.3, 0.4) is 0 Å². The van der Waals surface area contributed by atoms with Crippen LogP contribution >= 0.6 is 10.7 Å². The van der Waals surface area contributed by atoms with E-state index in [9.17, 15) is 17.6 Å². The largest absolute Gasteiger partial charge is 0.459 e. The van der Waals surface area contributed by atoms with Crippen LogP contribution < -0.4 is 0 Å². The smallest absolute Gasteiger partial charge is 0.341 e. The second-order valence-corrected chi connectivity index (χ2v) is 6.69. The summed E-state index contributed by atoms with van der Waals surface area (Å²) >= 11 is 0. The SMILES string of the molecule is CCC(C)OC(=O)c1cc(S(=O)(=O)Cl)c(C)cc1F. The number of hydrogen-bond acceptors (Lipinski definition) is 4. The molecule has 1 aromatic carbocycles. The van der Waals surface area contributed by atoms with E-state index < -0.39 is 26.4 Å². The first-order valence-electron chi connectivity index (χ1n) is 5.62. The Balaban J connectivity index is 3.26. The van der Waals surface area contributed by atoms with Gasteiger partial charge in [-0.1, -0.05) is 6.92 Å². The molecule has 0 N–H and O–H groups in total. The zero-order chi connectivity index (χ0) is 14.8. The lowest BCUT2D eigenvalue weighted by Gasteiger charge is -2.12. The van der Waals surface area contributed by atoms with Crippen LogP contribution in [0.25, 0.3) is 0 Å². The maximum atomic E-state index is 13.7. The monoisotopic (exact) mass is 308 g/mol. The molecule has 0 saturated heterocycles. The summed E-state index contributed by atoms with van der Waals surface area (Å²) in [6.45, 7) is 4.85. The van der Waals surface area contributed by atoms with Crippen LogP contribution in [0.4, 0.5) is 4.39 Å². The van der Waals surface area contributed by atoms with Crippen molar-refractivity contribution < 1.29 is 22.3 Å². The van der Waals surface area contributed by atoms with E-state index in [4.69, 9.17) is 15.4 Å². The Morgan fingerprint density at radius 3 is 2.53 bits per heavy atom. The third kappa shape index (κ3) is 3.91. The van der Waals surface area contributed by atoms with Crippen molar-refractivity contribution in [1.29, 1.82) is 0 Å². The molecular formula is C12H14ClFO4S. The van der Waals surface area contributed by atoms with Gasteiger partial charge in [0.1, 0.15) is 5.82 Å². The summed E-state index contributed by atoms with van der Waals surface area (Å²) in [5.74, 6) is -1.75. The number of esters is 1. The number of hydrogen-bond donors (Lipinski definition) is 0. The van der Waals surface area contributed by atoms with Gasteiger partial charge in [-0.05, 0) is 38.0 Å². The Morgan fingerprint density at radius 1 is 1.47 bits per heavy atom. The average molecular weight is 309 g/mol. The predicted molar refractivity (Wildman–Crippen MR) is 69.3 cm³/mol. The average Bonchev–Trinajstić information content (AvgIpc) is 2.26. The maximum absolute atomic E-state index is 13.7. The quantitative estimate of drug-likeness (QED) is 0.633. The summed E-state index contributed by atoms with van der Waals surface area (Å²) in [4.78, 5) is 11.4. The van der Waals surface area contributed by atoms with Crippen molar-refractivity contribution in [2.24, 2.45) is 0 Å². The van der Waals surface area contributed by atoms with Crippen LogP contribution in [-0.4, -0.2) is 20.5 Å². The Hall–Kier alpha value is -1.14. The molecule has 1 unspecified atom stereocenters. The third-order valence-electron chi connectivity index (χ3n) is 2.63. The van der Waals surface area contributed by atoms with Crippen molar-refractivity contribution in [3.05, 3.63) is 29.1 Å².